The van der Waals surface area contributed by atoms with E-state index in [9.17, 15) is 23.2 Å². The molecule has 2 fully saturated rings. The van der Waals surface area contributed by atoms with Crippen molar-refractivity contribution in [2.45, 2.75) is 31.5 Å². The molecule has 1 aromatic carbocycles. The van der Waals surface area contributed by atoms with Gasteiger partial charge in [0.05, 0.1) is 31.9 Å². The van der Waals surface area contributed by atoms with Crippen LogP contribution in [0.15, 0.2) is 12.1 Å². The van der Waals surface area contributed by atoms with Crippen molar-refractivity contribution in [2.24, 2.45) is 5.73 Å². The van der Waals surface area contributed by atoms with E-state index >= 15 is 0 Å². The first-order valence-corrected chi connectivity index (χ1v) is 10.6. The minimum absolute atomic E-state index is 0. The average molecular weight is 507 g/mol. The number of methoxy groups -OCH3 is 1. The van der Waals surface area contributed by atoms with Crippen LogP contribution < -0.4 is 20.9 Å². The number of hydrogen-bond donors (Lipinski definition) is 2. The van der Waals surface area contributed by atoms with E-state index in [1.54, 1.807) is 0 Å². The Morgan fingerprint density at radius 1 is 1.26 bits per heavy atom. The first kappa shape index (κ1) is 27.5. The van der Waals surface area contributed by atoms with Crippen LogP contribution in [0.3, 0.4) is 0 Å². The maximum atomic E-state index is 15.0. The van der Waals surface area contributed by atoms with Crippen molar-refractivity contribution in [1.82, 2.24) is 5.32 Å². The molecule has 2 aliphatic heterocycles. The Balaban J connectivity index is 0.00000408. The number of nitrogens with two attached hydrogens (primary N) is 1. The zero-order chi connectivity index (χ0) is 24.2. The molecule has 0 saturated carbocycles. The molecule has 0 bridgehead atoms. The molecule has 10 nitrogen and oxygen atoms in total. The van der Waals surface area contributed by atoms with E-state index in [-0.39, 0.29) is 69.0 Å². The number of carbonyl (C=O) groups excluding carboxylic acids is 3. The van der Waals surface area contributed by atoms with E-state index in [0.717, 1.165) is 17.0 Å². The fourth-order valence-corrected chi connectivity index (χ4v) is 4.07. The average Bonchev–Trinajstić information content (AvgIpc) is 3.14. The van der Waals surface area contributed by atoms with Gasteiger partial charge >= 0.3 is 12.1 Å². The quantitative estimate of drug-likeness (QED) is 0.506. The fourth-order valence-electron chi connectivity index (χ4n) is 4.07. The summed E-state index contributed by atoms with van der Waals surface area (Å²) in [6.45, 7) is 1.80. The molecule has 0 aliphatic carbocycles. The number of nitrogens with one attached hydrogen (secondary N) is 1. The minimum Gasteiger partial charge on any atom is -0.456 e. The predicted molar refractivity (Wildman–Crippen MR) is 121 cm³/mol. The van der Waals surface area contributed by atoms with Crippen LogP contribution in [0.2, 0.25) is 0 Å². The lowest BCUT2D eigenvalue weighted by Gasteiger charge is -2.41. The zero-order valence-electron chi connectivity index (χ0n) is 19.0. The van der Waals surface area contributed by atoms with Crippen molar-refractivity contribution >= 4 is 41.8 Å². The number of hydrogen-bond acceptors (Lipinski definition) is 8. The number of piperidine rings is 1. The molecule has 2 heterocycles. The second-order valence-corrected chi connectivity index (χ2v) is 8.09. The minimum atomic E-state index is -0.906. The molecule has 3 N–H and O–H groups in total. The van der Waals surface area contributed by atoms with Gasteiger partial charge in [0, 0.05) is 52.1 Å². The molecule has 0 radical (unpaired) electrons. The van der Waals surface area contributed by atoms with Gasteiger partial charge in [-0.05, 0) is 0 Å². The number of halogens is 3. The largest absolute Gasteiger partial charge is 0.456 e. The second kappa shape index (κ2) is 11.6. The van der Waals surface area contributed by atoms with Crippen LogP contribution in [0.1, 0.15) is 19.8 Å². The first-order chi connectivity index (χ1) is 15.7. The van der Waals surface area contributed by atoms with Crippen molar-refractivity contribution in [2.75, 3.05) is 56.2 Å². The molecule has 3 rings (SSSR count). The normalized spacial score (nSPS) is 19.3. The van der Waals surface area contributed by atoms with Crippen LogP contribution >= 0.6 is 12.4 Å². The Morgan fingerprint density at radius 2 is 1.88 bits per heavy atom. The lowest BCUT2D eigenvalue weighted by Crippen LogP contribution is -2.51. The molecule has 2 amide bonds. The third kappa shape index (κ3) is 6.24. The maximum Gasteiger partial charge on any atom is 0.414 e. The van der Waals surface area contributed by atoms with Crippen LogP contribution in [-0.2, 0) is 23.8 Å². The van der Waals surface area contributed by atoms with E-state index in [0.29, 0.717) is 12.8 Å². The van der Waals surface area contributed by atoms with Gasteiger partial charge in [-0.2, -0.15) is 0 Å². The summed E-state index contributed by atoms with van der Waals surface area (Å²) in [7, 11) is 1.48. The van der Waals surface area contributed by atoms with Gasteiger partial charge in [0.15, 0.2) is 11.6 Å². The highest BCUT2D eigenvalue weighted by molar-refractivity contribution is 5.90. The summed E-state index contributed by atoms with van der Waals surface area (Å²) >= 11 is 0. The molecule has 0 spiro atoms. The Kier molecular flexibility index (Phi) is 9.42. The van der Waals surface area contributed by atoms with E-state index in [1.165, 1.54) is 18.9 Å². The molecule has 2 saturated heterocycles. The van der Waals surface area contributed by atoms with Gasteiger partial charge < -0.3 is 30.2 Å². The Hall–Kier alpha value is -2.70. The Bertz CT molecular complexity index is 890. The number of cyclic esters (lactones) is 1. The molecule has 1 unspecified atom stereocenters. The third-order valence-electron chi connectivity index (χ3n) is 5.66. The fraction of sp³-hybridized carbons (Fsp3) is 0.571. The number of nitrogens with zero attached hydrogens (tertiary/aromatic N) is 2. The van der Waals surface area contributed by atoms with Crippen molar-refractivity contribution in [3.8, 4) is 0 Å². The molecule has 1 aromatic rings. The third-order valence-corrected chi connectivity index (χ3v) is 5.66. The van der Waals surface area contributed by atoms with Crippen molar-refractivity contribution in [1.29, 1.82) is 0 Å². The van der Waals surface area contributed by atoms with Crippen molar-refractivity contribution in [3.63, 3.8) is 0 Å². The molecule has 34 heavy (non-hydrogen) atoms. The van der Waals surface area contributed by atoms with Crippen LogP contribution in [0.25, 0.3) is 0 Å². The van der Waals surface area contributed by atoms with Gasteiger partial charge in [-0.3, -0.25) is 14.5 Å². The predicted octanol–water partition coefficient (Wildman–Crippen LogP) is 1.34. The summed E-state index contributed by atoms with van der Waals surface area (Å²) < 4.78 is 45.8. The number of esters is 1. The van der Waals surface area contributed by atoms with E-state index < -0.39 is 35.4 Å². The monoisotopic (exact) mass is 506 g/mol. The number of amides is 2. The van der Waals surface area contributed by atoms with Crippen molar-refractivity contribution in [3.05, 3.63) is 23.8 Å². The SMILES string of the molecule is COCC1(OC(=O)CN)CCN(c2c(F)cc(N3CC(CNC(C)=O)OC3=O)cc2F)CC1.Cl. The number of anilines is 2. The Morgan fingerprint density at radius 3 is 2.41 bits per heavy atom. The first-order valence-electron chi connectivity index (χ1n) is 10.6. The van der Waals surface area contributed by atoms with E-state index in [4.69, 9.17) is 19.9 Å². The number of ether oxygens (including phenoxy) is 3. The summed E-state index contributed by atoms with van der Waals surface area (Å²) in [4.78, 5) is 37.6. The van der Waals surface area contributed by atoms with Crippen LogP contribution in [0.4, 0.5) is 25.0 Å². The Labute approximate surface area is 202 Å². The van der Waals surface area contributed by atoms with Crippen LogP contribution in [0, 0.1) is 11.6 Å². The summed E-state index contributed by atoms with van der Waals surface area (Å²) in [5, 5.41) is 2.54. The standard InChI is InChI=1S/C21H28F2N4O6.ClH/c1-13(28)25-10-15-11-27(20(30)32-15)14-7-16(22)19(17(23)8-14)26-5-3-21(4-6-26,12-31-2)33-18(29)9-24;/h7-8,15H,3-6,9-12,24H2,1-2H3,(H,25,28);1H. The van der Waals surface area contributed by atoms with Crippen LogP contribution in [0.5, 0.6) is 0 Å². The number of rotatable bonds is 8. The van der Waals surface area contributed by atoms with Gasteiger partial charge in [0.1, 0.15) is 17.4 Å². The van der Waals surface area contributed by atoms with E-state index in [1.807, 2.05) is 0 Å². The van der Waals surface area contributed by atoms with Gasteiger partial charge in [0.2, 0.25) is 5.91 Å². The lowest BCUT2D eigenvalue weighted by atomic mass is 9.91. The van der Waals surface area contributed by atoms with Crippen molar-refractivity contribution < 1.29 is 37.4 Å². The van der Waals surface area contributed by atoms with Crippen LogP contribution in [-0.4, -0.2) is 76.1 Å². The maximum absolute atomic E-state index is 15.0. The smallest absolute Gasteiger partial charge is 0.414 e. The number of carbonyl (C=O) groups is 3. The highest BCUT2D eigenvalue weighted by Gasteiger charge is 2.40. The van der Waals surface area contributed by atoms with Gasteiger partial charge in [-0.15, -0.1) is 12.4 Å². The van der Waals surface area contributed by atoms with Gasteiger partial charge in [-0.1, -0.05) is 0 Å². The molecule has 1 atom stereocenters. The highest BCUT2D eigenvalue weighted by atomic mass is 35.5. The topological polar surface area (TPSA) is 123 Å². The summed E-state index contributed by atoms with van der Waals surface area (Å²) in [5.74, 6) is -2.51. The molecule has 2 aliphatic rings. The lowest BCUT2D eigenvalue weighted by molar-refractivity contribution is -0.166. The summed E-state index contributed by atoms with van der Waals surface area (Å²) in [6, 6.07) is 2.15. The molecule has 13 heteroatoms. The summed E-state index contributed by atoms with van der Waals surface area (Å²) in [5.41, 5.74) is 4.23. The molecular weight excluding hydrogens is 478 g/mol. The van der Waals surface area contributed by atoms with E-state index in [2.05, 4.69) is 5.32 Å². The molecule has 190 valence electrons. The summed E-state index contributed by atoms with van der Waals surface area (Å²) in [6.07, 6.45) is -0.771. The number of benzene rings is 1. The molecule has 0 aromatic heterocycles. The molecular formula is C21H29ClF2N4O6. The van der Waals surface area contributed by atoms with Gasteiger partial charge in [0.25, 0.3) is 0 Å². The second-order valence-electron chi connectivity index (χ2n) is 8.09. The zero-order valence-corrected chi connectivity index (χ0v) is 19.8. The highest BCUT2D eigenvalue weighted by Crippen LogP contribution is 2.35. The van der Waals surface area contributed by atoms with Gasteiger partial charge in [-0.25, -0.2) is 13.6 Å².